The topological polar surface area (TPSA) is 122 Å². The van der Waals surface area contributed by atoms with Gasteiger partial charge >= 0.3 is 0 Å². The van der Waals surface area contributed by atoms with Crippen molar-refractivity contribution in [2.75, 3.05) is 23.1 Å². The fourth-order valence-electron chi connectivity index (χ4n) is 2.07. The minimum atomic E-state index is -3.86. The van der Waals surface area contributed by atoms with Crippen LogP contribution in [-0.4, -0.2) is 38.2 Å². The lowest BCUT2D eigenvalue weighted by atomic mass is 10.3. The Hall–Kier alpha value is -2.13. The third-order valence-electron chi connectivity index (χ3n) is 2.91. The van der Waals surface area contributed by atoms with Gasteiger partial charge in [0.1, 0.15) is 0 Å². The first-order chi connectivity index (χ1) is 9.83. The minimum Gasteiger partial charge on any atom is -0.333 e. The maximum Gasteiger partial charge on any atom is 0.296 e. The molecule has 1 aromatic carbocycles. The molecule has 0 aliphatic carbocycles. The summed E-state index contributed by atoms with van der Waals surface area (Å²) in [6, 6.07) is 6.13. The highest BCUT2D eigenvalue weighted by molar-refractivity contribution is 7.90. The van der Waals surface area contributed by atoms with Crippen molar-refractivity contribution in [2.24, 2.45) is 5.14 Å². The van der Waals surface area contributed by atoms with Crippen LogP contribution in [0.3, 0.4) is 0 Å². The predicted octanol–water partition coefficient (Wildman–Crippen LogP) is -0.137. The second kappa shape index (κ2) is 6.10. The molecule has 1 fully saturated rings. The number of carbonyl (C=O) groups excluding carboxylic acids is 2. The van der Waals surface area contributed by atoms with Crippen molar-refractivity contribution in [3.8, 4) is 0 Å². The molecule has 0 radical (unpaired) electrons. The largest absolute Gasteiger partial charge is 0.333 e. The van der Waals surface area contributed by atoms with Crippen LogP contribution in [0.2, 0.25) is 0 Å². The number of hydrogen-bond acceptors (Lipinski definition) is 4. The molecule has 0 saturated carbocycles. The third kappa shape index (κ3) is 4.72. The van der Waals surface area contributed by atoms with Gasteiger partial charge in [-0.25, -0.2) is 5.14 Å². The fraction of sp³-hybridized carbons (Fsp3) is 0.333. The van der Waals surface area contributed by atoms with E-state index in [4.69, 9.17) is 5.14 Å². The smallest absolute Gasteiger partial charge is 0.296 e. The number of amides is 2. The molecule has 8 nitrogen and oxygen atoms in total. The monoisotopic (exact) mass is 312 g/mol. The van der Waals surface area contributed by atoms with Gasteiger partial charge in [0, 0.05) is 18.7 Å². The van der Waals surface area contributed by atoms with Crippen molar-refractivity contribution in [2.45, 2.75) is 12.8 Å². The molecule has 4 N–H and O–H groups in total. The van der Waals surface area contributed by atoms with E-state index in [1.165, 1.54) is 17.0 Å². The van der Waals surface area contributed by atoms with Gasteiger partial charge in [-0.1, -0.05) is 6.07 Å². The van der Waals surface area contributed by atoms with Gasteiger partial charge in [0.2, 0.25) is 11.8 Å². The molecule has 0 atom stereocenters. The van der Waals surface area contributed by atoms with Crippen LogP contribution in [-0.2, 0) is 19.8 Å². The highest BCUT2D eigenvalue weighted by Crippen LogP contribution is 2.16. The normalized spacial score (nSPS) is 15.1. The first kappa shape index (κ1) is 15.3. The molecule has 9 heteroatoms. The zero-order valence-electron chi connectivity index (χ0n) is 11.2. The zero-order chi connectivity index (χ0) is 15.5. The maximum atomic E-state index is 11.8. The summed E-state index contributed by atoms with van der Waals surface area (Å²) in [7, 11) is -3.86. The molecule has 0 unspecified atom stereocenters. The molecule has 1 aromatic rings. The van der Waals surface area contributed by atoms with Crippen molar-refractivity contribution in [3.05, 3.63) is 24.3 Å². The van der Waals surface area contributed by atoms with E-state index in [-0.39, 0.29) is 24.0 Å². The summed E-state index contributed by atoms with van der Waals surface area (Å²) in [5.74, 6) is -0.368. The van der Waals surface area contributed by atoms with Crippen LogP contribution in [0.5, 0.6) is 0 Å². The lowest BCUT2D eigenvalue weighted by Gasteiger charge is -2.15. The van der Waals surface area contributed by atoms with E-state index in [9.17, 15) is 18.0 Å². The van der Waals surface area contributed by atoms with Crippen molar-refractivity contribution < 1.29 is 18.0 Å². The Labute approximate surface area is 122 Å². The van der Waals surface area contributed by atoms with Gasteiger partial charge < -0.3 is 10.2 Å². The molecule has 0 aromatic heterocycles. The molecule has 114 valence electrons. The Morgan fingerprint density at radius 3 is 2.67 bits per heavy atom. The Kier molecular flexibility index (Phi) is 4.43. The third-order valence-corrected chi connectivity index (χ3v) is 3.43. The number of nitrogens with zero attached hydrogens (tertiary/aromatic N) is 1. The molecule has 1 saturated heterocycles. The number of benzene rings is 1. The Morgan fingerprint density at radius 2 is 2.05 bits per heavy atom. The van der Waals surface area contributed by atoms with Crippen LogP contribution in [0.4, 0.5) is 11.4 Å². The highest BCUT2D eigenvalue weighted by Gasteiger charge is 2.22. The summed E-state index contributed by atoms with van der Waals surface area (Å²) >= 11 is 0. The lowest BCUT2D eigenvalue weighted by Crippen LogP contribution is -2.33. The Balaban J connectivity index is 1.97. The quantitative estimate of drug-likeness (QED) is 0.700. The van der Waals surface area contributed by atoms with Crippen molar-refractivity contribution in [3.63, 3.8) is 0 Å². The van der Waals surface area contributed by atoms with Gasteiger partial charge in [-0.2, -0.15) is 8.42 Å². The number of hydrogen-bond donors (Lipinski definition) is 3. The standard InChI is InChI=1S/C12H16N4O4S/c13-21(19,20)15-10-4-1-3-9(7-10)14-11(17)8-16-6-2-5-12(16)18/h1,3-4,7,15H,2,5-6,8H2,(H,14,17)(H2,13,19,20). The fourth-order valence-corrected chi connectivity index (χ4v) is 2.53. The van der Waals surface area contributed by atoms with E-state index < -0.39 is 10.2 Å². The Morgan fingerprint density at radius 1 is 1.33 bits per heavy atom. The van der Waals surface area contributed by atoms with E-state index >= 15 is 0 Å². The SMILES string of the molecule is NS(=O)(=O)Nc1cccc(NC(=O)CN2CCCC2=O)c1. The number of anilines is 2. The van der Waals surface area contributed by atoms with Gasteiger partial charge in [0.15, 0.2) is 0 Å². The van der Waals surface area contributed by atoms with Crippen LogP contribution in [0, 0.1) is 0 Å². The summed E-state index contributed by atoms with van der Waals surface area (Å²) in [6.07, 6.45) is 1.24. The second-order valence-corrected chi connectivity index (χ2v) is 5.99. The second-order valence-electron chi connectivity index (χ2n) is 4.69. The molecular formula is C12H16N4O4S. The van der Waals surface area contributed by atoms with Crippen LogP contribution in [0.1, 0.15) is 12.8 Å². The summed E-state index contributed by atoms with van der Waals surface area (Å²) in [4.78, 5) is 24.8. The van der Waals surface area contributed by atoms with Crippen LogP contribution in [0.25, 0.3) is 0 Å². The van der Waals surface area contributed by atoms with Gasteiger partial charge in [-0.15, -0.1) is 0 Å². The minimum absolute atomic E-state index is 0.00826. The number of nitrogens with one attached hydrogen (secondary N) is 2. The van der Waals surface area contributed by atoms with Gasteiger partial charge in [0.05, 0.1) is 12.2 Å². The first-order valence-corrected chi connectivity index (χ1v) is 7.86. The zero-order valence-corrected chi connectivity index (χ0v) is 12.0. The highest BCUT2D eigenvalue weighted by atomic mass is 32.2. The van der Waals surface area contributed by atoms with Crippen LogP contribution >= 0.6 is 0 Å². The van der Waals surface area contributed by atoms with E-state index in [1.54, 1.807) is 12.1 Å². The molecular weight excluding hydrogens is 296 g/mol. The summed E-state index contributed by atoms with van der Waals surface area (Å²) in [6.45, 7) is 0.574. The first-order valence-electron chi connectivity index (χ1n) is 6.32. The van der Waals surface area contributed by atoms with Gasteiger partial charge in [0.25, 0.3) is 10.2 Å². The van der Waals surface area contributed by atoms with Gasteiger partial charge in [-0.05, 0) is 24.6 Å². The summed E-state index contributed by atoms with van der Waals surface area (Å²) in [5.41, 5.74) is 0.660. The number of carbonyl (C=O) groups is 2. The molecule has 1 heterocycles. The number of likely N-dealkylation sites (tertiary alicyclic amines) is 1. The maximum absolute atomic E-state index is 11.8. The van der Waals surface area contributed by atoms with Crippen molar-refractivity contribution in [1.82, 2.24) is 4.90 Å². The van der Waals surface area contributed by atoms with E-state index in [0.29, 0.717) is 18.7 Å². The van der Waals surface area contributed by atoms with Crippen LogP contribution in [0.15, 0.2) is 24.3 Å². The summed E-state index contributed by atoms with van der Waals surface area (Å²) < 4.78 is 24.0. The number of rotatable bonds is 5. The molecule has 0 bridgehead atoms. The molecule has 0 spiro atoms. The number of nitrogens with two attached hydrogens (primary N) is 1. The van der Waals surface area contributed by atoms with Crippen LogP contribution < -0.4 is 15.2 Å². The molecule has 1 aliphatic rings. The Bertz CT molecular complexity index is 659. The van der Waals surface area contributed by atoms with E-state index in [0.717, 1.165) is 6.42 Å². The molecule has 21 heavy (non-hydrogen) atoms. The average Bonchev–Trinajstić information content (AvgIpc) is 2.73. The van der Waals surface area contributed by atoms with Gasteiger partial charge in [-0.3, -0.25) is 14.3 Å². The lowest BCUT2D eigenvalue weighted by molar-refractivity contribution is -0.131. The summed E-state index contributed by atoms with van der Waals surface area (Å²) in [5, 5.41) is 7.48. The molecule has 1 aliphatic heterocycles. The van der Waals surface area contributed by atoms with Crippen molar-refractivity contribution in [1.29, 1.82) is 0 Å². The average molecular weight is 312 g/mol. The molecule has 2 amide bonds. The predicted molar refractivity (Wildman–Crippen MR) is 77.6 cm³/mol. The van der Waals surface area contributed by atoms with E-state index in [1.807, 2.05) is 0 Å². The molecule has 2 rings (SSSR count). The van der Waals surface area contributed by atoms with Crippen molar-refractivity contribution >= 4 is 33.4 Å². The van der Waals surface area contributed by atoms with E-state index in [2.05, 4.69) is 10.0 Å².